The molecule has 0 saturated carbocycles. The lowest BCUT2D eigenvalue weighted by Crippen LogP contribution is -2.49. The molecule has 0 rings (SSSR count). The van der Waals surface area contributed by atoms with Crippen molar-refractivity contribution in [1.29, 1.82) is 0 Å². The lowest BCUT2D eigenvalue weighted by atomic mass is 9.75. The van der Waals surface area contributed by atoms with Crippen LogP contribution in [0.4, 0.5) is 0 Å². The van der Waals surface area contributed by atoms with Crippen molar-refractivity contribution in [1.82, 2.24) is 5.32 Å². The molecule has 3 nitrogen and oxygen atoms in total. The van der Waals surface area contributed by atoms with Gasteiger partial charge in [-0.2, -0.15) is 0 Å². The van der Waals surface area contributed by atoms with Crippen molar-refractivity contribution < 1.29 is 4.79 Å². The Morgan fingerprint density at radius 2 is 1.76 bits per heavy atom. The maximum Gasteiger partial charge on any atom is 0.251 e. The fourth-order valence-electron chi connectivity index (χ4n) is 2.31. The fraction of sp³-hybridized carbons (Fsp3) is 0.611. The zero-order valence-corrected chi connectivity index (χ0v) is 14.7. The van der Waals surface area contributed by atoms with Gasteiger partial charge in [-0.1, -0.05) is 38.2 Å². The summed E-state index contributed by atoms with van der Waals surface area (Å²) in [6.45, 7) is 14.2. The van der Waals surface area contributed by atoms with Crippen LogP contribution in [0.3, 0.4) is 0 Å². The van der Waals surface area contributed by atoms with Gasteiger partial charge in [0.2, 0.25) is 0 Å². The lowest BCUT2D eigenvalue weighted by Gasteiger charge is -2.38. The van der Waals surface area contributed by atoms with Gasteiger partial charge in [-0.3, -0.25) is 4.79 Å². The van der Waals surface area contributed by atoms with Crippen molar-refractivity contribution in [3.8, 4) is 0 Å². The Morgan fingerprint density at radius 3 is 2.19 bits per heavy atom. The molecule has 0 aromatic heterocycles. The molecule has 0 aromatic rings. The highest BCUT2D eigenvalue weighted by Gasteiger charge is 2.32. The van der Waals surface area contributed by atoms with Crippen molar-refractivity contribution in [2.75, 3.05) is 0 Å². The average Bonchev–Trinajstić information content (AvgIpc) is 2.31. The number of carbonyl (C=O) groups is 1. The number of nitrogens with two attached hydrogens (primary N) is 1. The predicted molar refractivity (Wildman–Crippen MR) is 92.0 cm³/mol. The van der Waals surface area contributed by atoms with Gasteiger partial charge < -0.3 is 11.1 Å². The minimum Gasteiger partial charge on any atom is -0.347 e. The van der Waals surface area contributed by atoms with Crippen molar-refractivity contribution in [2.45, 2.75) is 66.5 Å². The zero-order chi connectivity index (χ0) is 16.7. The maximum absolute atomic E-state index is 12.4. The molecular weight excluding hydrogens is 260 g/mol. The van der Waals surface area contributed by atoms with Crippen LogP contribution in [0.25, 0.3) is 0 Å². The van der Waals surface area contributed by atoms with Crippen LogP contribution in [-0.2, 0) is 4.79 Å². The molecule has 0 fully saturated rings. The molecule has 0 heterocycles. The molecule has 0 aliphatic carbocycles. The SMILES string of the molecule is C\C=C/C=C(\C=C/C)C(=O)NC(C)(C)CC(C)(C)[C@H](C)N. The summed E-state index contributed by atoms with van der Waals surface area (Å²) >= 11 is 0. The molecule has 0 aromatic carbocycles. The molecule has 0 unspecified atom stereocenters. The van der Waals surface area contributed by atoms with Gasteiger partial charge in [0, 0.05) is 17.2 Å². The van der Waals surface area contributed by atoms with Crippen LogP contribution in [0.2, 0.25) is 0 Å². The molecule has 0 aliphatic rings. The minimum absolute atomic E-state index is 0.0371. The first-order chi connectivity index (χ1) is 9.55. The molecule has 0 radical (unpaired) electrons. The Bertz CT molecular complexity index is 426. The summed E-state index contributed by atoms with van der Waals surface area (Å²) in [6.07, 6.45) is 10.1. The van der Waals surface area contributed by atoms with E-state index in [1.54, 1.807) is 0 Å². The molecule has 1 atom stereocenters. The van der Waals surface area contributed by atoms with Crippen molar-refractivity contribution in [3.63, 3.8) is 0 Å². The van der Waals surface area contributed by atoms with Gasteiger partial charge in [0.25, 0.3) is 5.91 Å². The van der Waals surface area contributed by atoms with Gasteiger partial charge in [0.1, 0.15) is 0 Å². The molecule has 0 aliphatic heterocycles. The summed E-state index contributed by atoms with van der Waals surface area (Å²) in [5.74, 6) is -0.0586. The molecule has 21 heavy (non-hydrogen) atoms. The lowest BCUT2D eigenvalue weighted by molar-refractivity contribution is -0.119. The number of nitrogens with one attached hydrogen (secondary N) is 1. The van der Waals surface area contributed by atoms with Gasteiger partial charge in [0.05, 0.1) is 0 Å². The normalized spacial score (nSPS) is 15.7. The van der Waals surface area contributed by atoms with E-state index in [0.29, 0.717) is 5.57 Å². The number of amides is 1. The Balaban J connectivity index is 5.03. The zero-order valence-electron chi connectivity index (χ0n) is 14.7. The molecule has 0 bridgehead atoms. The van der Waals surface area contributed by atoms with E-state index < -0.39 is 0 Å². The van der Waals surface area contributed by atoms with E-state index in [2.05, 4.69) is 19.2 Å². The summed E-state index contributed by atoms with van der Waals surface area (Å²) in [4.78, 5) is 12.4. The second-order valence-electron chi connectivity index (χ2n) is 6.94. The third-order valence-corrected chi connectivity index (χ3v) is 3.66. The van der Waals surface area contributed by atoms with Crippen LogP contribution in [-0.4, -0.2) is 17.5 Å². The van der Waals surface area contributed by atoms with Gasteiger partial charge in [-0.25, -0.2) is 0 Å². The third-order valence-electron chi connectivity index (χ3n) is 3.66. The monoisotopic (exact) mass is 292 g/mol. The van der Waals surface area contributed by atoms with E-state index in [9.17, 15) is 4.79 Å². The van der Waals surface area contributed by atoms with Crippen LogP contribution in [0.15, 0.2) is 36.0 Å². The van der Waals surface area contributed by atoms with Crippen LogP contribution in [0.5, 0.6) is 0 Å². The largest absolute Gasteiger partial charge is 0.347 e. The van der Waals surface area contributed by atoms with E-state index in [1.165, 1.54) is 0 Å². The topological polar surface area (TPSA) is 55.1 Å². The smallest absolute Gasteiger partial charge is 0.251 e. The number of allylic oxidation sites excluding steroid dienone is 4. The Morgan fingerprint density at radius 1 is 1.19 bits per heavy atom. The highest BCUT2D eigenvalue weighted by molar-refractivity contribution is 5.96. The third kappa shape index (κ3) is 7.28. The second kappa shape index (κ2) is 8.18. The summed E-state index contributed by atoms with van der Waals surface area (Å²) in [5, 5.41) is 3.11. The maximum atomic E-state index is 12.4. The Labute approximate surface area is 130 Å². The summed E-state index contributed by atoms with van der Waals surface area (Å²) in [7, 11) is 0. The highest BCUT2D eigenvalue weighted by Crippen LogP contribution is 2.30. The van der Waals surface area contributed by atoms with Gasteiger partial charge >= 0.3 is 0 Å². The van der Waals surface area contributed by atoms with E-state index >= 15 is 0 Å². The van der Waals surface area contributed by atoms with Crippen molar-refractivity contribution in [3.05, 3.63) is 36.0 Å². The van der Waals surface area contributed by atoms with Crippen LogP contribution < -0.4 is 11.1 Å². The second-order valence-corrected chi connectivity index (χ2v) is 6.94. The first-order valence-electron chi connectivity index (χ1n) is 7.59. The van der Waals surface area contributed by atoms with E-state index in [1.807, 2.05) is 65.0 Å². The molecule has 0 saturated heterocycles. The number of hydrogen-bond donors (Lipinski definition) is 2. The molecule has 1 amide bonds. The molecule has 0 spiro atoms. The van der Waals surface area contributed by atoms with Gasteiger partial charge in [-0.05, 0) is 52.5 Å². The number of carbonyl (C=O) groups excluding carboxylic acids is 1. The fourth-order valence-corrected chi connectivity index (χ4v) is 2.31. The average molecular weight is 292 g/mol. The quantitative estimate of drug-likeness (QED) is 0.555. The first-order valence-corrected chi connectivity index (χ1v) is 7.59. The number of rotatable bonds is 7. The summed E-state index contributed by atoms with van der Waals surface area (Å²) < 4.78 is 0. The van der Waals surface area contributed by atoms with E-state index in [-0.39, 0.29) is 22.9 Å². The van der Waals surface area contributed by atoms with Gasteiger partial charge in [-0.15, -0.1) is 0 Å². The Hall–Kier alpha value is -1.35. The minimum atomic E-state index is -0.315. The number of hydrogen-bond acceptors (Lipinski definition) is 2. The van der Waals surface area contributed by atoms with Crippen LogP contribution >= 0.6 is 0 Å². The van der Waals surface area contributed by atoms with E-state index in [0.717, 1.165) is 6.42 Å². The van der Waals surface area contributed by atoms with Crippen molar-refractivity contribution >= 4 is 5.91 Å². The molecule has 3 N–H and O–H groups in total. The van der Waals surface area contributed by atoms with Crippen molar-refractivity contribution in [2.24, 2.45) is 11.1 Å². The van der Waals surface area contributed by atoms with Gasteiger partial charge in [0.15, 0.2) is 0 Å². The summed E-state index contributed by atoms with van der Waals surface area (Å²) in [5.41, 5.74) is 6.34. The van der Waals surface area contributed by atoms with Crippen LogP contribution in [0, 0.1) is 5.41 Å². The molecular formula is C18H32N2O. The Kier molecular flexibility index (Phi) is 7.65. The summed E-state index contributed by atoms with van der Waals surface area (Å²) in [6, 6.07) is 0.0715. The molecule has 120 valence electrons. The van der Waals surface area contributed by atoms with Crippen LogP contribution in [0.1, 0.15) is 54.9 Å². The first kappa shape index (κ1) is 19.7. The van der Waals surface area contributed by atoms with E-state index in [4.69, 9.17) is 5.73 Å². The highest BCUT2D eigenvalue weighted by atomic mass is 16.1. The molecule has 3 heteroatoms. The standard InChI is InChI=1S/C18H32N2O/c1-8-10-12-15(11-9-2)16(21)20-18(6,7)13-17(4,5)14(3)19/h8-12,14H,13,19H2,1-7H3,(H,20,21)/b10-8-,11-9-,15-12+/t14-/m0/s1. The predicted octanol–water partition coefficient (Wildman–Crippen LogP) is 3.72.